The second-order valence-corrected chi connectivity index (χ2v) is 6.20. The molecule has 3 heterocycles. The molecule has 1 atom stereocenters. The summed E-state index contributed by atoms with van der Waals surface area (Å²) in [6, 6.07) is 0. The van der Waals surface area contributed by atoms with Gasteiger partial charge in [0.25, 0.3) is 0 Å². The summed E-state index contributed by atoms with van der Waals surface area (Å²) in [7, 11) is 4.04. The van der Waals surface area contributed by atoms with Gasteiger partial charge in [-0.05, 0) is 26.2 Å². The molecule has 0 unspecified atom stereocenters. The summed E-state index contributed by atoms with van der Waals surface area (Å²) in [5, 5.41) is 5.44. The number of hydrogen-bond acceptors (Lipinski definition) is 5. The number of ether oxygens (including phenoxy) is 1. The summed E-state index contributed by atoms with van der Waals surface area (Å²) in [4.78, 5) is 6.90. The van der Waals surface area contributed by atoms with E-state index < -0.39 is 0 Å². The van der Waals surface area contributed by atoms with Crippen LogP contribution in [0.15, 0.2) is 0 Å². The van der Waals surface area contributed by atoms with Crippen molar-refractivity contribution in [3.05, 3.63) is 5.69 Å². The molecular weight excluding hydrogens is 260 g/mol. The first-order valence-electron chi connectivity index (χ1n) is 6.78. The van der Waals surface area contributed by atoms with E-state index in [4.69, 9.17) is 4.74 Å². The van der Waals surface area contributed by atoms with Gasteiger partial charge in [0, 0.05) is 27.2 Å². The predicted molar refractivity (Wildman–Crippen MR) is 78.0 cm³/mol. The lowest BCUT2D eigenvalue weighted by Crippen LogP contribution is -2.33. The second-order valence-electron chi connectivity index (χ2n) is 5.23. The zero-order chi connectivity index (χ0) is 13.4. The molecule has 5 nitrogen and oxygen atoms in total. The lowest BCUT2D eigenvalue weighted by Gasteiger charge is -2.27. The maximum absolute atomic E-state index is 5.79. The monoisotopic (exact) mass is 280 g/mol. The van der Waals surface area contributed by atoms with Crippen LogP contribution in [-0.4, -0.2) is 41.1 Å². The Hall–Kier alpha value is -1.14. The Bertz CT molecular complexity index is 536. The minimum absolute atomic E-state index is 0.352. The average molecular weight is 280 g/mol. The third-order valence-corrected chi connectivity index (χ3v) is 4.88. The smallest absolute Gasteiger partial charge is 0.187 e. The minimum Gasteiger partial charge on any atom is -0.376 e. The normalized spacial score (nSPS) is 20.1. The first-order chi connectivity index (χ1) is 9.15. The van der Waals surface area contributed by atoms with E-state index in [1.165, 1.54) is 17.5 Å². The maximum Gasteiger partial charge on any atom is 0.187 e. The van der Waals surface area contributed by atoms with Gasteiger partial charge in [-0.1, -0.05) is 11.3 Å². The predicted octanol–water partition coefficient (Wildman–Crippen LogP) is 2.34. The topological polar surface area (TPSA) is 43.2 Å². The molecule has 0 amide bonds. The fourth-order valence-corrected chi connectivity index (χ4v) is 3.57. The number of aromatic nitrogens is 3. The molecule has 6 heteroatoms. The summed E-state index contributed by atoms with van der Waals surface area (Å²) < 4.78 is 8.84. The molecule has 0 bridgehead atoms. The van der Waals surface area contributed by atoms with Gasteiger partial charge in [-0.15, -0.1) is 0 Å². The molecule has 2 aromatic heterocycles. The summed E-state index contributed by atoms with van der Waals surface area (Å²) >= 11 is 1.72. The van der Waals surface area contributed by atoms with Gasteiger partial charge in [-0.2, -0.15) is 5.10 Å². The summed E-state index contributed by atoms with van der Waals surface area (Å²) in [6.45, 7) is 3.86. The van der Waals surface area contributed by atoms with Crippen molar-refractivity contribution in [3.8, 4) is 0 Å². The summed E-state index contributed by atoms with van der Waals surface area (Å²) in [5.41, 5.74) is 2.04. The van der Waals surface area contributed by atoms with Gasteiger partial charge in [-0.25, -0.2) is 9.67 Å². The highest BCUT2D eigenvalue weighted by Gasteiger charge is 2.19. The summed E-state index contributed by atoms with van der Waals surface area (Å²) in [5.74, 6) is 0. The number of nitrogens with zero attached hydrogens (tertiary/aromatic N) is 4. The molecule has 0 spiro atoms. The van der Waals surface area contributed by atoms with Crippen molar-refractivity contribution < 1.29 is 4.74 Å². The van der Waals surface area contributed by atoms with Gasteiger partial charge < -0.3 is 9.64 Å². The van der Waals surface area contributed by atoms with E-state index in [1.807, 2.05) is 18.7 Å². The number of anilines is 1. The molecule has 0 aliphatic carbocycles. The van der Waals surface area contributed by atoms with Crippen LogP contribution in [0, 0.1) is 6.92 Å². The number of aryl methyl sites for hydroxylation is 2. The molecule has 3 rings (SSSR count). The number of thiazole rings is 1. The van der Waals surface area contributed by atoms with Gasteiger partial charge in [0.1, 0.15) is 0 Å². The molecule has 1 saturated heterocycles. The van der Waals surface area contributed by atoms with Crippen LogP contribution in [0.25, 0.3) is 10.3 Å². The van der Waals surface area contributed by atoms with Crippen LogP contribution in [0.3, 0.4) is 0 Å². The molecule has 19 heavy (non-hydrogen) atoms. The van der Waals surface area contributed by atoms with Crippen LogP contribution in [0.2, 0.25) is 0 Å². The van der Waals surface area contributed by atoms with Crippen molar-refractivity contribution in [2.75, 3.05) is 25.1 Å². The zero-order valence-corrected chi connectivity index (χ0v) is 12.5. The second kappa shape index (κ2) is 5.09. The molecule has 1 aliphatic rings. The lowest BCUT2D eigenvalue weighted by atomic mass is 10.1. The Kier molecular flexibility index (Phi) is 3.45. The third kappa shape index (κ3) is 2.47. The summed E-state index contributed by atoms with van der Waals surface area (Å²) in [6.07, 6.45) is 3.99. The van der Waals surface area contributed by atoms with E-state index in [-0.39, 0.29) is 0 Å². The molecule has 1 aliphatic heterocycles. The van der Waals surface area contributed by atoms with E-state index in [2.05, 4.69) is 22.0 Å². The number of hydrogen-bond donors (Lipinski definition) is 0. The third-order valence-electron chi connectivity index (χ3n) is 3.61. The van der Waals surface area contributed by atoms with Crippen LogP contribution in [-0.2, 0) is 11.8 Å². The van der Waals surface area contributed by atoms with Crippen LogP contribution < -0.4 is 4.90 Å². The molecular formula is C13H20N4OS. The highest BCUT2D eigenvalue weighted by Crippen LogP contribution is 2.30. The Morgan fingerprint density at radius 2 is 2.32 bits per heavy atom. The SMILES string of the molecule is Cc1nn(C)c2nc(N(C)C[C@@H]3CCCCO3)sc12. The van der Waals surface area contributed by atoms with E-state index in [0.29, 0.717) is 6.10 Å². The van der Waals surface area contributed by atoms with Crippen molar-refractivity contribution in [3.63, 3.8) is 0 Å². The van der Waals surface area contributed by atoms with Crippen molar-refractivity contribution in [1.29, 1.82) is 0 Å². The molecule has 104 valence electrons. The lowest BCUT2D eigenvalue weighted by molar-refractivity contribution is 0.0216. The van der Waals surface area contributed by atoms with Gasteiger partial charge in [0.2, 0.25) is 0 Å². The molecule has 1 fully saturated rings. The van der Waals surface area contributed by atoms with Crippen LogP contribution >= 0.6 is 11.3 Å². The first-order valence-corrected chi connectivity index (χ1v) is 7.59. The molecule has 0 aromatic carbocycles. The highest BCUT2D eigenvalue weighted by molar-refractivity contribution is 7.22. The molecule has 2 aromatic rings. The number of rotatable bonds is 3. The first kappa shape index (κ1) is 12.9. The molecule has 0 radical (unpaired) electrons. The van der Waals surface area contributed by atoms with E-state index in [9.17, 15) is 0 Å². The zero-order valence-electron chi connectivity index (χ0n) is 11.7. The number of likely N-dealkylation sites (N-methyl/N-ethyl adjacent to an activating group) is 1. The Morgan fingerprint density at radius 1 is 1.47 bits per heavy atom. The fraction of sp³-hybridized carbons (Fsp3) is 0.692. The number of fused-ring (bicyclic) bond motifs is 1. The average Bonchev–Trinajstić information content (AvgIpc) is 2.94. The Balaban J connectivity index is 1.77. The maximum atomic E-state index is 5.79. The fourth-order valence-electron chi connectivity index (χ4n) is 2.57. The van der Waals surface area contributed by atoms with E-state index in [1.54, 1.807) is 11.3 Å². The quantitative estimate of drug-likeness (QED) is 0.865. The van der Waals surface area contributed by atoms with Gasteiger partial charge in [-0.3, -0.25) is 0 Å². The Morgan fingerprint density at radius 3 is 3.00 bits per heavy atom. The molecule has 0 N–H and O–H groups in total. The molecule has 0 saturated carbocycles. The van der Waals surface area contributed by atoms with Crippen LogP contribution in [0.1, 0.15) is 25.0 Å². The Labute approximate surface area is 117 Å². The minimum atomic E-state index is 0.352. The van der Waals surface area contributed by atoms with Crippen molar-refractivity contribution in [1.82, 2.24) is 14.8 Å². The standard InChI is InChI=1S/C13H20N4OS/c1-9-11-12(17(3)15-9)14-13(19-11)16(2)8-10-6-4-5-7-18-10/h10H,4-8H2,1-3H3/t10-/m0/s1. The van der Waals surface area contributed by atoms with Crippen LogP contribution in [0.5, 0.6) is 0 Å². The van der Waals surface area contributed by atoms with Gasteiger partial charge in [0.05, 0.1) is 16.5 Å². The van der Waals surface area contributed by atoms with Crippen molar-refractivity contribution >= 4 is 26.8 Å². The van der Waals surface area contributed by atoms with Crippen molar-refractivity contribution in [2.24, 2.45) is 7.05 Å². The van der Waals surface area contributed by atoms with E-state index >= 15 is 0 Å². The van der Waals surface area contributed by atoms with E-state index in [0.717, 1.165) is 36.0 Å². The highest BCUT2D eigenvalue weighted by atomic mass is 32.1. The van der Waals surface area contributed by atoms with Crippen LogP contribution in [0.4, 0.5) is 5.13 Å². The largest absolute Gasteiger partial charge is 0.376 e. The van der Waals surface area contributed by atoms with Gasteiger partial charge >= 0.3 is 0 Å². The van der Waals surface area contributed by atoms with Crippen molar-refractivity contribution in [2.45, 2.75) is 32.3 Å². The van der Waals surface area contributed by atoms with Gasteiger partial charge in [0.15, 0.2) is 10.8 Å².